The molecule has 6 nitrogen and oxygen atoms in total. The number of benzene rings is 2. The highest BCUT2D eigenvalue weighted by Crippen LogP contribution is 2.30. The Morgan fingerprint density at radius 1 is 0.909 bits per heavy atom. The summed E-state index contributed by atoms with van der Waals surface area (Å²) in [6.07, 6.45) is 3.05. The van der Waals surface area contributed by atoms with Gasteiger partial charge in [-0.1, -0.05) is 30.3 Å². The van der Waals surface area contributed by atoms with Gasteiger partial charge in [-0.2, -0.15) is 0 Å². The Bertz CT molecular complexity index is 898. The summed E-state index contributed by atoms with van der Waals surface area (Å²) in [7, 11) is 4.58. The molecule has 0 saturated carbocycles. The molecule has 0 saturated heterocycles. The largest absolute Gasteiger partial charge is 0.496 e. The van der Waals surface area contributed by atoms with E-state index in [9.17, 15) is 9.59 Å². The molecule has 2 rings (SSSR count). The van der Waals surface area contributed by atoms with Crippen LogP contribution >= 0.6 is 0 Å². The molecule has 0 fully saturated rings. The number of methoxy groups -OCH3 is 3. The van der Waals surface area contributed by atoms with E-state index < -0.39 is 5.41 Å². The molecule has 6 heteroatoms. The van der Waals surface area contributed by atoms with Gasteiger partial charge in [0.25, 0.3) is 5.91 Å². The topological polar surface area (TPSA) is 65.1 Å². The predicted octanol–water partition coefficient (Wildman–Crippen LogP) is 5.07. The molecule has 0 N–H and O–H groups in total. The van der Waals surface area contributed by atoms with Gasteiger partial charge in [0.2, 0.25) is 0 Å². The van der Waals surface area contributed by atoms with Crippen LogP contribution in [0.5, 0.6) is 11.5 Å². The van der Waals surface area contributed by atoms with E-state index in [-0.39, 0.29) is 11.9 Å². The van der Waals surface area contributed by atoms with Gasteiger partial charge in [-0.05, 0) is 64.2 Å². The third kappa shape index (κ3) is 7.24. The highest BCUT2D eigenvalue weighted by Gasteiger charge is 2.28. The maximum atomic E-state index is 13.5. The van der Waals surface area contributed by atoms with E-state index in [4.69, 9.17) is 14.2 Å². The van der Waals surface area contributed by atoms with E-state index in [1.54, 1.807) is 26.4 Å². The van der Waals surface area contributed by atoms with Crippen LogP contribution < -0.4 is 9.47 Å². The maximum Gasteiger partial charge on any atom is 0.311 e. The molecule has 33 heavy (non-hydrogen) atoms. The SMILES string of the molecule is COC(=O)C(C)(C)CCCN(CCCc1ccccc1)C(=O)c1cc(OC)c(C)c(OC)c1. The number of rotatable bonds is 12. The molecule has 180 valence electrons. The Kier molecular flexibility index (Phi) is 9.76. The van der Waals surface area contributed by atoms with Crippen molar-refractivity contribution < 1.29 is 23.8 Å². The molecule has 0 unspecified atom stereocenters. The van der Waals surface area contributed by atoms with Crippen molar-refractivity contribution in [1.29, 1.82) is 0 Å². The smallest absolute Gasteiger partial charge is 0.311 e. The Labute approximate surface area is 197 Å². The van der Waals surface area contributed by atoms with Gasteiger partial charge in [-0.3, -0.25) is 9.59 Å². The van der Waals surface area contributed by atoms with Gasteiger partial charge in [0, 0.05) is 24.2 Å². The minimum absolute atomic E-state index is 0.0736. The maximum absolute atomic E-state index is 13.5. The lowest BCUT2D eigenvalue weighted by molar-refractivity contribution is -0.151. The normalized spacial score (nSPS) is 11.1. The molecular formula is C27H37NO5. The lowest BCUT2D eigenvalue weighted by atomic mass is 9.88. The number of carbonyl (C=O) groups is 2. The van der Waals surface area contributed by atoms with E-state index in [1.807, 2.05) is 43.9 Å². The van der Waals surface area contributed by atoms with Gasteiger partial charge in [-0.15, -0.1) is 0 Å². The fourth-order valence-corrected chi connectivity index (χ4v) is 3.92. The summed E-state index contributed by atoms with van der Waals surface area (Å²) in [4.78, 5) is 27.4. The number of hydrogen-bond donors (Lipinski definition) is 0. The van der Waals surface area contributed by atoms with Crippen LogP contribution in [0.1, 0.15) is 54.6 Å². The molecule has 0 spiro atoms. The lowest BCUT2D eigenvalue weighted by Gasteiger charge is -2.26. The third-order valence-corrected chi connectivity index (χ3v) is 5.99. The Balaban J connectivity index is 2.18. The summed E-state index contributed by atoms with van der Waals surface area (Å²) in [5.74, 6) is 0.926. The van der Waals surface area contributed by atoms with E-state index in [0.717, 1.165) is 18.4 Å². The molecule has 2 aromatic carbocycles. The van der Waals surface area contributed by atoms with Crippen LogP contribution in [0.3, 0.4) is 0 Å². The molecule has 2 aromatic rings. The third-order valence-electron chi connectivity index (χ3n) is 5.99. The Morgan fingerprint density at radius 3 is 2.03 bits per heavy atom. The Morgan fingerprint density at radius 2 is 1.48 bits per heavy atom. The van der Waals surface area contributed by atoms with Crippen LogP contribution in [0.2, 0.25) is 0 Å². The quantitative estimate of drug-likeness (QED) is 0.418. The number of carbonyl (C=O) groups excluding carboxylic acids is 2. The number of aryl methyl sites for hydroxylation is 1. The van der Waals surface area contributed by atoms with Crippen molar-refractivity contribution in [2.45, 2.75) is 46.5 Å². The second kappa shape index (κ2) is 12.3. The van der Waals surface area contributed by atoms with Crippen LogP contribution in [0, 0.1) is 12.3 Å². The van der Waals surface area contributed by atoms with Crippen molar-refractivity contribution in [1.82, 2.24) is 4.90 Å². The van der Waals surface area contributed by atoms with Crippen LogP contribution in [0.15, 0.2) is 42.5 Å². The van der Waals surface area contributed by atoms with Crippen LogP contribution in [-0.4, -0.2) is 51.2 Å². The van der Waals surface area contributed by atoms with Gasteiger partial charge >= 0.3 is 5.97 Å². The zero-order chi connectivity index (χ0) is 24.4. The summed E-state index contributed by atoms with van der Waals surface area (Å²) in [5.41, 5.74) is 2.03. The van der Waals surface area contributed by atoms with Crippen molar-refractivity contribution >= 4 is 11.9 Å². The Hall–Kier alpha value is -3.02. The summed E-state index contributed by atoms with van der Waals surface area (Å²) >= 11 is 0. The van der Waals surface area contributed by atoms with E-state index in [1.165, 1.54) is 12.7 Å². The summed E-state index contributed by atoms with van der Waals surface area (Å²) < 4.78 is 15.8. The van der Waals surface area contributed by atoms with Crippen LogP contribution in [0.25, 0.3) is 0 Å². The second-order valence-electron chi connectivity index (χ2n) is 8.87. The first kappa shape index (κ1) is 26.2. The fourth-order valence-electron chi connectivity index (χ4n) is 3.92. The molecule has 1 amide bonds. The van der Waals surface area contributed by atoms with Crippen molar-refractivity contribution in [2.75, 3.05) is 34.4 Å². The van der Waals surface area contributed by atoms with Gasteiger partial charge in [-0.25, -0.2) is 0 Å². The van der Waals surface area contributed by atoms with Gasteiger partial charge < -0.3 is 19.1 Å². The molecule has 0 aliphatic carbocycles. The van der Waals surface area contributed by atoms with E-state index in [0.29, 0.717) is 43.0 Å². The molecular weight excluding hydrogens is 418 g/mol. The van der Waals surface area contributed by atoms with Crippen molar-refractivity contribution in [3.63, 3.8) is 0 Å². The molecule has 0 aliphatic rings. The van der Waals surface area contributed by atoms with Crippen molar-refractivity contribution in [3.05, 3.63) is 59.2 Å². The van der Waals surface area contributed by atoms with Crippen molar-refractivity contribution in [3.8, 4) is 11.5 Å². The zero-order valence-corrected chi connectivity index (χ0v) is 20.8. The number of esters is 1. The average Bonchev–Trinajstić information content (AvgIpc) is 2.82. The highest BCUT2D eigenvalue weighted by atomic mass is 16.5. The zero-order valence-electron chi connectivity index (χ0n) is 20.8. The summed E-state index contributed by atoms with van der Waals surface area (Å²) in [5, 5.41) is 0. The number of hydrogen-bond acceptors (Lipinski definition) is 5. The van der Waals surface area contributed by atoms with Gasteiger partial charge in [0.15, 0.2) is 0 Å². The molecule has 0 heterocycles. The van der Waals surface area contributed by atoms with Gasteiger partial charge in [0.05, 0.1) is 26.7 Å². The first-order valence-electron chi connectivity index (χ1n) is 11.4. The average molecular weight is 456 g/mol. The molecule has 0 aliphatic heterocycles. The second-order valence-corrected chi connectivity index (χ2v) is 8.87. The predicted molar refractivity (Wildman–Crippen MR) is 130 cm³/mol. The summed E-state index contributed by atoms with van der Waals surface area (Å²) in [6.45, 7) is 6.81. The van der Waals surface area contributed by atoms with E-state index in [2.05, 4.69) is 12.1 Å². The molecule has 0 aromatic heterocycles. The lowest BCUT2D eigenvalue weighted by Crippen LogP contribution is -2.34. The monoisotopic (exact) mass is 455 g/mol. The highest BCUT2D eigenvalue weighted by molar-refractivity contribution is 5.95. The number of nitrogens with zero attached hydrogens (tertiary/aromatic N) is 1. The minimum Gasteiger partial charge on any atom is -0.496 e. The fraction of sp³-hybridized carbons (Fsp3) is 0.481. The molecule has 0 radical (unpaired) electrons. The summed E-state index contributed by atoms with van der Waals surface area (Å²) in [6, 6.07) is 13.8. The standard InChI is InChI=1S/C27H37NO5/c1-20-23(31-4)18-22(19-24(20)32-5)25(29)28(16-10-14-21-12-8-7-9-13-21)17-11-15-27(2,3)26(30)33-6/h7-9,12-13,18-19H,10-11,14-17H2,1-6H3. The number of amides is 1. The molecule has 0 bridgehead atoms. The van der Waals surface area contributed by atoms with Crippen LogP contribution in [0.4, 0.5) is 0 Å². The minimum atomic E-state index is -0.593. The molecule has 0 atom stereocenters. The first-order chi connectivity index (χ1) is 15.7. The number of ether oxygens (including phenoxy) is 3. The van der Waals surface area contributed by atoms with Gasteiger partial charge in [0.1, 0.15) is 11.5 Å². The van der Waals surface area contributed by atoms with Crippen LogP contribution in [-0.2, 0) is 16.0 Å². The first-order valence-corrected chi connectivity index (χ1v) is 11.4. The van der Waals surface area contributed by atoms with Crippen molar-refractivity contribution in [2.24, 2.45) is 5.41 Å². The van der Waals surface area contributed by atoms with E-state index >= 15 is 0 Å².